The number of aromatic nitrogens is 2. The van der Waals surface area contributed by atoms with E-state index < -0.39 is 24.6 Å². The van der Waals surface area contributed by atoms with Crippen LogP contribution in [0.5, 0.6) is 0 Å². The Morgan fingerprint density at radius 2 is 1.89 bits per heavy atom. The Hall–Kier alpha value is -1.37. The van der Waals surface area contributed by atoms with E-state index in [0.717, 1.165) is 4.68 Å². The molecular formula is C12H9BrF4N2. The largest absolute Gasteiger partial charge is 0.266 e. The summed E-state index contributed by atoms with van der Waals surface area (Å²) in [7, 11) is 0. The zero-order valence-corrected chi connectivity index (χ0v) is 11.4. The Kier molecular flexibility index (Phi) is 3.93. The first-order valence-corrected chi connectivity index (χ1v) is 6.15. The van der Waals surface area contributed by atoms with Gasteiger partial charge in [-0.1, -0.05) is 0 Å². The minimum Gasteiger partial charge on any atom is -0.266 e. The molecule has 1 aromatic carbocycles. The molecule has 0 bridgehead atoms. The summed E-state index contributed by atoms with van der Waals surface area (Å²) < 4.78 is 52.8. The van der Waals surface area contributed by atoms with Gasteiger partial charge in [-0.2, -0.15) is 5.10 Å². The van der Waals surface area contributed by atoms with E-state index in [1.54, 1.807) is 6.92 Å². The van der Waals surface area contributed by atoms with E-state index in [9.17, 15) is 17.6 Å². The molecule has 0 spiro atoms. The summed E-state index contributed by atoms with van der Waals surface area (Å²) in [5.74, 6) is -2.05. The van der Waals surface area contributed by atoms with Crippen LogP contribution >= 0.6 is 15.9 Å². The van der Waals surface area contributed by atoms with Gasteiger partial charge in [-0.05, 0) is 35.0 Å². The molecule has 0 saturated heterocycles. The van der Waals surface area contributed by atoms with Crippen LogP contribution in [0.4, 0.5) is 17.6 Å². The Labute approximate surface area is 115 Å². The number of hydrogen-bond donors (Lipinski definition) is 0. The molecule has 0 fully saturated rings. The number of benzene rings is 1. The lowest BCUT2D eigenvalue weighted by atomic mass is 10.1. The van der Waals surface area contributed by atoms with Crippen LogP contribution in [0.3, 0.4) is 0 Å². The number of aryl methyl sites for hydroxylation is 1. The van der Waals surface area contributed by atoms with Gasteiger partial charge in [0.05, 0.1) is 10.2 Å². The summed E-state index contributed by atoms with van der Waals surface area (Å²) >= 11 is 2.87. The fraction of sp³-hybridized carbons (Fsp3) is 0.250. The third-order valence-corrected chi connectivity index (χ3v) is 3.21. The van der Waals surface area contributed by atoms with Gasteiger partial charge in [0.25, 0.3) is 6.43 Å². The van der Waals surface area contributed by atoms with Crippen molar-refractivity contribution >= 4 is 15.9 Å². The fourth-order valence-corrected chi connectivity index (χ4v) is 2.06. The average molecular weight is 337 g/mol. The van der Waals surface area contributed by atoms with E-state index in [-0.39, 0.29) is 10.0 Å². The normalized spacial score (nSPS) is 11.3. The van der Waals surface area contributed by atoms with Crippen LogP contribution in [0, 0.1) is 18.6 Å². The molecule has 0 aliphatic rings. The number of hydrogen-bond acceptors (Lipinski definition) is 1. The highest BCUT2D eigenvalue weighted by atomic mass is 79.9. The summed E-state index contributed by atoms with van der Waals surface area (Å²) in [6.45, 7) is 0.970. The van der Waals surface area contributed by atoms with Crippen LogP contribution in [0.15, 0.2) is 22.8 Å². The molecule has 1 aromatic heterocycles. The Morgan fingerprint density at radius 1 is 1.21 bits per heavy atom. The lowest BCUT2D eigenvalue weighted by Gasteiger charge is -2.04. The first kappa shape index (κ1) is 14.0. The standard InChI is InChI=1S/C12H9BrF4N2/c1-6-8(4-19(18-6)5-10(14)15)7-2-3-9(13)12(17)11(7)16/h2-4,10H,5H2,1H3. The van der Waals surface area contributed by atoms with Crippen molar-refractivity contribution in [2.75, 3.05) is 0 Å². The van der Waals surface area contributed by atoms with Gasteiger partial charge in [-0.25, -0.2) is 17.6 Å². The van der Waals surface area contributed by atoms with Gasteiger partial charge < -0.3 is 0 Å². The summed E-state index contributed by atoms with van der Waals surface area (Å²) in [6.07, 6.45) is -1.27. The summed E-state index contributed by atoms with van der Waals surface area (Å²) in [6, 6.07) is 2.73. The predicted octanol–water partition coefficient (Wildman–Crippen LogP) is 4.16. The highest BCUT2D eigenvalue weighted by Crippen LogP contribution is 2.30. The molecule has 102 valence electrons. The van der Waals surface area contributed by atoms with Crippen molar-refractivity contribution in [2.45, 2.75) is 19.9 Å². The first-order chi connectivity index (χ1) is 8.90. The predicted molar refractivity (Wildman–Crippen MR) is 66.0 cm³/mol. The molecule has 19 heavy (non-hydrogen) atoms. The topological polar surface area (TPSA) is 17.8 Å². The third-order valence-electron chi connectivity index (χ3n) is 2.60. The van der Waals surface area contributed by atoms with Gasteiger partial charge in [0.1, 0.15) is 6.54 Å². The van der Waals surface area contributed by atoms with E-state index in [1.807, 2.05) is 0 Å². The van der Waals surface area contributed by atoms with Crippen molar-refractivity contribution in [2.24, 2.45) is 0 Å². The van der Waals surface area contributed by atoms with Crippen LogP contribution < -0.4 is 0 Å². The second-order valence-electron chi connectivity index (χ2n) is 3.96. The minimum absolute atomic E-state index is 0.00119. The van der Waals surface area contributed by atoms with Crippen LogP contribution in [0.1, 0.15) is 5.69 Å². The first-order valence-electron chi connectivity index (χ1n) is 5.36. The maximum Gasteiger partial charge on any atom is 0.257 e. The molecular weight excluding hydrogens is 328 g/mol. The highest BCUT2D eigenvalue weighted by Gasteiger charge is 2.17. The molecule has 0 N–H and O–H groups in total. The van der Waals surface area contributed by atoms with Gasteiger partial charge in [0.15, 0.2) is 11.6 Å². The number of halogens is 5. The van der Waals surface area contributed by atoms with Gasteiger partial charge in [-0.15, -0.1) is 0 Å². The second-order valence-corrected chi connectivity index (χ2v) is 4.82. The number of alkyl halides is 2. The Morgan fingerprint density at radius 3 is 2.53 bits per heavy atom. The van der Waals surface area contributed by atoms with Crippen LogP contribution in [-0.2, 0) is 6.54 Å². The molecule has 0 saturated carbocycles. The molecule has 0 unspecified atom stereocenters. The summed E-state index contributed by atoms with van der Waals surface area (Å²) in [5, 5.41) is 3.86. The van der Waals surface area contributed by atoms with Gasteiger partial charge in [0.2, 0.25) is 0 Å². The molecule has 2 rings (SSSR count). The summed E-state index contributed by atoms with van der Waals surface area (Å²) in [5.41, 5.74) is 0.657. The van der Waals surface area contributed by atoms with E-state index in [0.29, 0.717) is 11.3 Å². The molecule has 0 aliphatic heterocycles. The van der Waals surface area contributed by atoms with E-state index in [2.05, 4.69) is 21.0 Å². The van der Waals surface area contributed by atoms with Crippen molar-refractivity contribution in [1.29, 1.82) is 0 Å². The van der Waals surface area contributed by atoms with Crippen LogP contribution in [-0.4, -0.2) is 16.2 Å². The fourth-order valence-electron chi connectivity index (χ4n) is 1.75. The zero-order chi connectivity index (χ0) is 14.2. The van der Waals surface area contributed by atoms with Crippen molar-refractivity contribution in [3.05, 3.63) is 40.1 Å². The van der Waals surface area contributed by atoms with Crippen LogP contribution in [0.25, 0.3) is 11.1 Å². The maximum atomic E-state index is 13.8. The molecule has 7 heteroatoms. The second kappa shape index (κ2) is 5.32. The monoisotopic (exact) mass is 336 g/mol. The number of rotatable bonds is 3. The lowest BCUT2D eigenvalue weighted by molar-refractivity contribution is 0.121. The average Bonchev–Trinajstić information content (AvgIpc) is 2.66. The summed E-state index contributed by atoms with van der Waals surface area (Å²) in [4.78, 5) is 0. The number of nitrogens with zero attached hydrogens (tertiary/aromatic N) is 2. The molecule has 0 aliphatic carbocycles. The van der Waals surface area contributed by atoms with Gasteiger partial charge >= 0.3 is 0 Å². The molecule has 0 amide bonds. The molecule has 2 nitrogen and oxygen atoms in total. The Balaban J connectivity index is 2.48. The van der Waals surface area contributed by atoms with Crippen molar-refractivity contribution in [1.82, 2.24) is 9.78 Å². The van der Waals surface area contributed by atoms with Crippen molar-refractivity contribution in [3.8, 4) is 11.1 Å². The maximum absolute atomic E-state index is 13.8. The van der Waals surface area contributed by atoms with Crippen molar-refractivity contribution in [3.63, 3.8) is 0 Å². The highest BCUT2D eigenvalue weighted by molar-refractivity contribution is 9.10. The molecule has 1 heterocycles. The lowest BCUT2D eigenvalue weighted by Crippen LogP contribution is -2.06. The quantitative estimate of drug-likeness (QED) is 0.607. The minimum atomic E-state index is -2.56. The van der Waals surface area contributed by atoms with Gasteiger partial charge in [-0.3, -0.25) is 4.68 Å². The zero-order valence-electron chi connectivity index (χ0n) is 9.80. The van der Waals surface area contributed by atoms with E-state index in [1.165, 1.54) is 18.3 Å². The molecule has 2 aromatic rings. The van der Waals surface area contributed by atoms with E-state index in [4.69, 9.17) is 0 Å². The third kappa shape index (κ3) is 2.80. The van der Waals surface area contributed by atoms with E-state index >= 15 is 0 Å². The Bertz CT molecular complexity index is 610. The SMILES string of the molecule is Cc1nn(CC(F)F)cc1-c1ccc(Br)c(F)c1F. The van der Waals surface area contributed by atoms with Crippen LogP contribution in [0.2, 0.25) is 0 Å². The van der Waals surface area contributed by atoms with Gasteiger partial charge in [0, 0.05) is 17.3 Å². The van der Waals surface area contributed by atoms with Crippen molar-refractivity contribution < 1.29 is 17.6 Å². The molecule has 0 radical (unpaired) electrons. The smallest absolute Gasteiger partial charge is 0.257 e. The molecule has 0 atom stereocenters.